The lowest BCUT2D eigenvalue weighted by atomic mass is 10.1. The van der Waals surface area contributed by atoms with E-state index in [1.807, 2.05) is 29.2 Å². The largest absolute Gasteiger partial charge is 0.573 e. The Kier molecular flexibility index (Phi) is 8.50. The molecule has 1 aliphatic heterocycles. The third-order valence-electron chi connectivity index (χ3n) is 5.86. The molecule has 0 aliphatic carbocycles. The van der Waals surface area contributed by atoms with Crippen molar-refractivity contribution in [2.24, 2.45) is 0 Å². The van der Waals surface area contributed by atoms with E-state index in [0.29, 0.717) is 48.9 Å². The summed E-state index contributed by atoms with van der Waals surface area (Å²) in [5.41, 5.74) is 1.30. The zero-order valence-electron chi connectivity index (χ0n) is 20.7. The van der Waals surface area contributed by atoms with Gasteiger partial charge in [-0.1, -0.05) is 28.9 Å². The molecule has 3 aromatic rings. The monoisotopic (exact) mass is 554 g/mol. The summed E-state index contributed by atoms with van der Waals surface area (Å²) in [5.74, 6) is -0.0910. The number of carbonyl (C=O) groups excluding carboxylic acids is 1. The summed E-state index contributed by atoms with van der Waals surface area (Å²) in [7, 11) is 1.58. The molecule has 2 aromatic carbocycles. The lowest BCUT2D eigenvalue weighted by Crippen LogP contribution is -2.39. The van der Waals surface area contributed by atoms with Crippen LogP contribution in [0.2, 0.25) is 5.02 Å². The third-order valence-corrected chi connectivity index (χ3v) is 6.18. The summed E-state index contributed by atoms with van der Waals surface area (Å²) in [6.45, 7) is 3.06. The fourth-order valence-electron chi connectivity index (χ4n) is 4.06. The van der Waals surface area contributed by atoms with Gasteiger partial charge in [0, 0.05) is 32.0 Å². The summed E-state index contributed by atoms with van der Waals surface area (Å²) in [5, 5.41) is 8.42. The molecular weight excluding hydrogens is 529 g/mol. The number of carbonyl (C=O) groups is 1. The van der Waals surface area contributed by atoms with E-state index >= 15 is 0 Å². The molecule has 0 bridgehead atoms. The van der Waals surface area contributed by atoms with E-state index in [1.165, 1.54) is 22.9 Å². The van der Waals surface area contributed by atoms with Gasteiger partial charge in [0.05, 0.1) is 31.0 Å². The van der Waals surface area contributed by atoms with E-state index in [9.17, 15) is 18.0 Å². The Bertz CT molecular complexity index is 1240. The van der Waals surface area contributed by atoms with Crippen LogP contribution < -0.4 is 19.1 Å². The molecule has 13 heteroatoms. The number of ether oxygens (including phenoxy) is 4. The first-order valence-electron chi connectivity index (χ1n) is 11.9. The first kappa shape index (κ1) is 27.4. The molecule has 4 rings (SSSR count). The second-order valence-corrected chi connectivity index (χ2v) is 8.84. The van der Waals surface area contributed by atoms with Crippen LogP contribution in [0, 0.1) is 0 Å². The van der Waals surface area contributed by atoms with Crippen LogP contribution in [0.3, 0.4) is 0 Å². The average molecular weight is 555 g/mol. The molecule has 204 valence electrons. The predicted molar refractivity (Wildman–Crippen MR) is 132 cm³/mol. The highest BCUT2D eigenvalue weighted by Gasteiger charge is 2.32. The second kappa shape index (κ2) is 11.8. The lowest BCUT2D eigenvalue weighted by molar-refractivity contribution is -0.274. The standard InChI is InChI=1S/C25H26ClF3N4O5/c1-3-36-24(34)22-23(33(31-30-22)15-16-4-6-17(35-2)7-5-16)37-18-10-12-32(13-11-18)21-14-19(8-9-20(21)26)38-25(27,28)29/h4-9,14,18H,3,10-13,15H2,1-2H3. The molecule has 9 nitrogen and oxygen atoms in total. The van der Waals surface area contributed by atoms with Gasteiger partial charge in [-0.3, -0.25) is 0 Å². The first-order chi connectivity index (χ1) is 18.2. The highest BCUT2D eigenvalue weighted by atomic mass is 35.5. The zero-order valence-corrected chi connectivity index (χ0v) is 21.5. The maximum Gasteiger partial charge on any atom is 0.573 e. The van der Waals surface area contributed by atoms with Crippen LogP contribution in [0.15, 0.2) is 42.5 Å². The minimum absolute atomic E-state index is 0.0252. The number of esters is 1. The number of benzene rings is 2. The van der Waals surface area contributed by atoms with Crippen molar-refractivity contribution in [2.75, 3.05) is 31.7 Å². The average Bonchev–Trinajstić information content (AvgIpc) is 3.27. The van der Waals surface area contributed by atoms with Gasteiger partial charge >= 0.3 is 12.3 Å². The van der Waals surface area contributed by atoms with Crippen LogP contribution >= 0.6 is 11.6 Å². The van der Waals surface area contributed by atoms with Crippen LogP contribution in [0.1, 0.15) is 35.8 Å². The van der Waals surface area contributed by atoms with E-state index in [0.717, 1.165) is 5.56 Å². The number of hydrogen-bond donors (Lipinski definition) is 0. The molecule has 0 spiro atoms. The molecule has 1 aliphatic rings. The van der Waals surface area contributed by atoms with Gasteiger partial charge in [-0.15, -0.1) is 18.3 Å². The van der Waals surface area contributed by atoms with Crippen molar-refractivity contribution >= 4 is 23.3 Å². The summed E-state index contributed by atoms with van der Waals surface area (Å²) < 4.78 is 60.0. The Labute approximate surface area is 222 Å². The van der Waals surface area contributed by atoms with Gasteiger partial charge in [-0.05, 0) is 36.8 Å². The van der Waals surface area contributed by atoms with Crippen LogP contribution in [-0.2, 0) is 11.3 Å². The molecule has 0 N–H and O–H groups in total. The maximum atomic E-state index is 12.7. The molecule has 38 heavy (non-hydrogen) atoms. The van der Waals surface area contributed by atoms with Gasteiger partial charge in [0.2, 0.25) is 11.6 Å². The predicted octanol–water partition coefficient (Wildman–Crippen LogP) is 5.11. The number of aromatic nitrogens is 3. The number of alkyl halides is 3. The molecule has 1 aromatic heterocycles. The van der Waals surface area contributed by atoms with Gasteiger partial charge in [-0.25, -0.2) is 9.48 Å². The molecule has 1 saturated heterocycles. The molecule has 0 saturated carbocycles. The summed E-state index contributed by atoms with van der Waals surface area (Å²) in [6, 6.07) is 11.2. The first-order valence-corrected chi connectivity index (χ1v) is 12.2. The normalized spacial score (nSPS) is 14.3. The van der Waals surface area contributed by atoms with Crippen molar-refractivity contribution in [3.05, 3.63) is 58.7 Å². The van der Waals surface area contributed by atoms with Crippen molar-refractivity contribution in [3.8, 4) is 17.4 Å². The van der Waals surface area contributed by atoms with Gasteiger partial charge in [0.1, 0.15) is 17.6 Å². The fourth-order valence-corrected chi connectivity index (χ4v) is 4.30. The van der Waals surface area contributed by atoms with Crippen LogP contribution in [0.5, 0.6) is 17.4 Å². The van der Waals surface area contributed by atoms with E-state index in [1.54, 1.807) is 14.0 Å². The van der Waals surface area contributed by atoms with Crippen molar-refractivity contribution in [1.82, 2.24) is 15.0 Å². The SMILES string of the molecule is CCOC(=O)c1nnn(Cc2ccc(OC)cc2)c1OC1CCN(c2cc(OC(F)(F)F)ccc2Cl)CC1. The number of hydrogen-bond acceptors (Lipinski definition) is 8. The van der Waals surface area contributed by atoms with Gasteiger partial charge in [-0.2, -0.15) is 0 Å². The van der Waals surface area contributed by atoms with Crippen LogP contribution in [-0.4, -0.2) is 60.2 Å². The minimum Gasteiger partial charge on any atom is -0.497 e. The van der Waals surface area contributed by atoms with Gasteiger partial charge in [0.15, 0.2) is 0 Å². The topological polar surface area (TPSA) is 87.9 Å². The van der Waals surface area contributed by atoms with Crippen LogP contribution in [0.4, 0.5) is 18.9 Å². The molecule has 1 fully saturated rings. The quantitative estimate of drug-likeness (QED) is 0.337. The number of anilines is 1. The molecule has 0 atom stereocenters. The molecular formula is C25H26ClF3N4O5. The fraction of sp³-hybridized carbons (Fsp3) is 0.400. The highest BCUT2D eigenvalue weighted by Crippen LogP contribution is 2.35. The Balaban J connectivity index is 1.48. The Morgan fingerprint density at radius 3 is 2.42 bits per heavy atom. The number of nitrogens with zero attached hydrogens (tertiary/aromatic N) is 4. The summed E-state index contributed by atoms with van der Waals surface area (Å²) >= 11 is 6.27. The highest BCUT2D eigenvalue weighted by molar-refractivity contribution is 6.33. The molecule has 2 heterocycles. The van der Waals surface area contributed by atoms with Crippen LogP contribution in [0.25, 0.3) is 0 Å². The molecule has 0 radical (unpaired) electrons. The Morgan fingerprint density at radius 2 is 1.79 bits per heavy atom. The summed E-state index contributed by atoms with van der Waals surface area (Å²) in [4.78, 5) is 14.4. The zero-order chi connectivity index (χ0) is 27.3. The van der Waals surface area contributed by atoms with Gasteiger partial charge < -0.3 is 23.8 Å². The van der Waals surface area contributed by atoms with Crippen molar-refractivity contribution in [3.63, 3.8) is 0 Å². The molecule has 0 unspecified atom stereocenters. The maximum absolute atomic E-state index is 12.7. The van der Waals surface area contributed by atoms with E-state index < -0.39 is 12.3 Å². The van der Waals surface area contributed by atoms with Gasteiger partial charge in [0.25, 0.3) is 0 Å². The van der Waals surface area contributed by atoms with E-state index in [2.05, 4.69) is 15.0 Å². The Morgan fingerprint density at radius 1 is 1.11 bits per heavy atom. The van der Waals surface area contributed by atoms with Crippen molar-refractivity contribution < 1.29 is 36.9 Å². The number of methoxy groups -OCH3 is 1. The Hall–Kier alpha value is -3.67. The van der Waals surface area contributed by atoms with E-state index in [-0.39, 0.29) is 30.0 Å². The number of rotatable bonds is 9. The minimum atomic E-state index is -4.80. The van der Waals surface area contributed by atoms with Crippen molar-refractivity contribution in [2.45, 2.75) is 38.8 Å². The summed E-state index contributed by atoms with van der Waals surface area (Å²) in [6.07, 6.45) is -4.08. The van der Waals surface area contributed by atoms with Crippen molar-refractivity contribution in [1.29, 1.82) is 0 Å². The smallest absolute Gasteiger partial charge is 0.497 e. The second-order valence-electron chi connectivity index (χ2n) is 8.43. The third kappa shape index (κ3) is 6.80. The number of piperidine rings is 1. The lowest BCUT2D eigenvalue weighted by Gasteiger charge is -2.34. The molecule has 0 amide bonds. The number of halogens is 4. The van der Waals surface area contributed by atoms with E-state index in [4.69, 9.17) is 25.8 Å².